The lowest BCUT2D eigenvalue weighted by Gasteiger charge is -2.28. The molecule has 0 radical (unpaired) electrons. The topological polar surface area (TPSA) is 63.5 Å². The van der Waals surface area contributed by atoms with Gasteiger partial charge in [0.25, 0.3) is 0 Å². The second kappa shape index (κ2) is 9.46. The van der Waals surface area contributed by atoms with Gasteiger partial charge in [-0.25, -0.2) is 9.97 Å². The van der Waals surface area contributed by atoms with E-state index in [2.05, 4.69) is 42.9 Å². The van der Waals surface area contributed by atoms with Gasteiger partial charge in [-0.2, -0.15) is 0 Å². The summed E-state index contributed by atoms with van der Waals surface area (Å²) in [7, 11) is 1.69. The van der Waals surface area contributed by atoms with E-state index in [-0.39, 0.29) is 0 Å². The summed E-state index contributed by atoms with van der Waals surface area (Å²) >= 11 is 3.54. The van der Waals surface area contributed by atoms with Gasteiger partial charge in [0.2, 0.25) is 0 Å². The zero-order chi connectivity index (χ0) is 21.9. The molecule has 1 aromatic carbocycles. The van der Waals surface area contributed by atoms with Crippen LogP contribution in [0.1, 0.15) is 41.9 Å². The molecule has 0 unspecified atom stereocenters. The molecule has 2 aliphatic rings. The van der Waals surface area contributed by atoms with Crippen LogP contribution in [0.4, 0.5) is 0 Å². The quantitative estimate of drug-likeness (QED) is 0.510. The van der Waals surface area contributed by atoms with Crippen molar-refractivity contribution in [3.05, 3.63) is 69.8 Å². The molecule has 0 saturated heterocycles. The second-order valence-electron chi connectivity index (χ2n) is 8.31. The minimum absolute atomic E-state index is 0.819. The molecule has 0 bridgehead atoms. The molecule has 2 aromatic heterocycles. The van der Waals surface area contributed by atoms with E-state index in [0.717, 1.165) is 72.0 Å². The maximum atomic E-state index is 5.50. The largest absolute Gasteiger partial charge is 0.496 e. The summed E-state index contributed by atoms with van der Waals surface area (Å²) in [4.78, 5) is 21.2. The van der Waals surface area contributed by atoms with Crippen molar-refractivity contribution in [1.29, 1.82) is 0 Å². The van der Waals surface area contributed by atoms with Gasteiger partial charge in [-0.1, -0.05) is 22.0 Å². The van der Waals surface area contributed by atoms with Gasteiger partial charge in [0.05, 0.1) is 24.2 Å². The molecule has 7 heteroatoms. The Labute approximate surface area is 196 Å². The van der Waals surface area contributed by atoms with Crippen LogP contribution in [-0.4, -0.2) is 45.8 Å². The molecule has 32 heavy (non-hydrogen) atoms. The number of nitrogens with zero attached hydrogens (tertiary/aromatic N) is 5. The molecular formula is C25H26BrN5O. The summed E-state index contributed by atoms with van der Waals surface area (Å²) in [5.41, 5.74) is 6.56. The molecule has 0 atom stereocenters. The average Bonchev–Trinajstić information content (AvgIpc) is 2.85. The Bertz CT molecular complexity index is 1150. The van der Waals surface area contributed by atoms with Crippen molar-refractivity contribution in [2.45, 2.75) is 38.8 Å². The molecule has 0 aliphatic carbocycles. The Kier molecular flexibility index (Phi) is 6.28. The highest BCUT2D eigenvalue weighted by Gasteiger charge is 2.20. The van der Waals surface area contributed by atoms with E-state index in [0.29, 0.717) is 0 Å². The minimum Gasteiger partial charge on any atom is -0.496 e. The number of fused-ring (bicyclic) bond motifs is 1. The van der Waals surface area contributed by atoms with E-state index in [1.807, 2.05) is 30.6 Å². The van der Waals surface area contributed by atoms with Gasteiger partial charge < -0.3 is 4.74 Å². The predicted molar refractivity (Wildman–Crippen MR) is 129 cm³/mol. The lowest BCUT2D eigenvalue weighted by Crippen LogP contribution is -2.31. The molecule has 0 spiro atoms. The average molecular weight is 492 g/mol. The van der Waals surface area contributed by atoms with Crippen LogP contribution in [0.15, 0.2) is 52.2 Å². The highest BCUT2D eigenvalue weighted by atomic mass is 79.9. The SMILES string of the molecule is COc1ccc(Br)cc1-c1ccc(CN2CCc3nc(C4=NCCCC4)ncc3C2)cn1. The number of rotatable bonds is 5. The molecule has 6 nitrogen and oxygen atoms in total. The maximum absolute atomic E-state index is 5.50. The van der Waals surface area contributed by atoms with E-state index in [1.165, 1.54) is 29.7 Å². The minimum atomic E-state index is 0.819. The summed E-state index contributed by atoms with van der Waals surface area (Å²) in [5, 5.41) is 0. The zero-order valence-corrected chi connectivity index (χ0v) is 19.8. The monoisotopic (exact) mass is 491 g/mol. The highest BCUT2D eigenvalue weighted by molar-refractivity contribution is 9.10. The number of ether oxygens (including phenoxy) is 1. The molecule has 2 aliphatic heterocycles. The van der Waals surface area contributed by atoms with Crippen LogP contribution in [0.5, 0.6) is 5.75 Å². The number of aromatic nitrogens is 3. The van der Waals surface area contributed by atoms with Crippen molar-refractivity contribution in [1.82, 2.24) is 19.9 Å². The first-order chi connectivity index (χ1) is 15.7. The first-order valence-electron chi connectivity index (χ1n) is 11.1. The van der Waals surface area contributed by atoms with Crippen LogP contribution in [0.3, 0.4) is 0 Å². The molecule has 4 heterocycles. The number of pyridine rings is 1. The fraction of sp³-hybridized carbons (Fsp3) is 0.360. The van der Waals surface area contributed by atoms with Crippen LogP contribution in [0.25, 0.3) is 11.3 Å². The zero-order valence-electron chi connectivity index (χ0n) is 18.2. The van der Waals surface area contributed by atoms with Crippen molar-refractivity contribution in [2.75, 3.05) is 20.2 Å². The molecule has 0 saturated carbocycles. The smallest absolute Gasteiger partial charge is 0.173 e. The number of aliphatic imine (C=N–C) groups is 1. The van der Waals surface area contributed by atoms with E-state index in [1.54, 1.807) is 7.11 Å². The molecule has 5 rings (SSSR count). The molecule has 3 aromatic rings. The van der Waals surface area contributed by atoms with Gasteiger partial charge in [0, 0.05) is 60.6 Å². The predicted octanol–water partition coefficient (Wildman–Crippen LogP) is 4.84. The van der Waals surface area contributed by atoms with Crippen LogP contribution in [-0.2, 0) is 19.5 Å². The van der Waals surface area contributed by atoms with Gasteiger partial charge in [0.1, 0.15) is 5.75 Å². The van der Waals surface area contributed by atoms with Crippen molar-refractivity contribution in [3.63, 3.8) is 0 Å². The third-order valence-electron chi connectivity index (χ3n) is 6.06. The Balaban J connectivity index is 1.27. The summed E-state index contributed by atoms with van der Waals surface area (Å²) in [6.45, 7) is 3.61. The number of benzene rings is 1. The third kappa shape index (κ3) is 4.59. The standard InChI is InChI=1S/C25H26BrN5O/c1-32-24-8-6-19(26)12-20(24)22-7-5-17(13-28-22)15-31-11-9-21-18(16-31)14-29-25(30-21)23-4-2-3-10-27-23/h5-8,12-14H,2-4,9-11,15-16H2,1H3. The summed E-state index contributed by atoms with van der Waals surface area (Å²) < 4.78 is 6.51. The Morgan fingerprint density at radius 1 is 1.06 bits per heavy atom. The van der Waals surface area contributed by atoms with E-state index in [9.17, 15) is 0 Å². The lowest BCUT2D eigenvalue weighted by atomic mass is 10.0. The maximum Gasteiger partial charge on any atom is 0.173 e. The third-order valence-corrected chi connectivity index (χ3v) is 6.56. The lowest BCUT2D eigenvalue weighted by molar-refractivity contribution is 0.242. The molecule has 0 amide bonds. The number of methoxy groups -OCH3 is 1. The summed E-state index contributed by atoms with van der Waals surface area (Å²) in [5.74, 6) is 1.65. The molecule has 0 N–H and O–H groups in total. The number of hydrogen-bond acceptors (Lipinski definition) is 6. The molecule has 164 valence electrons. The second-order valence-corrected chi connectivity index (χ2v) is 9.22. The fourth-order valence-corrected chi connectivity index (χ4v) is 4.71. The van der Waals surface area contributed by atoms with Crippen molar-refractivity contribution >= 4 is 21.6 Å². The van der Waals surface area contributed by atoms with Crippen molar-refractivity contribution in [2.24, 2.45) is 4.99 Å². The van der Waals surface area contributed by atoms with Crippen LogP contribution in [0.2, 0.25) is 0 Å². The first-order valence-corrected chi connectivity index (χ1v) is 11.9. The van der Waals surface area contributed by atoms with Gasteiger partial charge >= 0.3 is 0 Å². The Morgan fingerprint density at radius 3 is 2.78 bits per heavy atom. The fourth-order valence-electron chi connectivity index (χ4n) is 4.34. The number of halogens is 1. The molecular weight excluding hydrogens is 466 g/mol. The summed E-state index contributed by atoms with van der Waals surface area (Å²) in [6, 6.07) is 10.2. The van der Waals surface area contributed by atoms with Gasteiger partial charge in [-0.3, -0.25) is 14.9 Å². The van der Waals surface area contributed by atoms with E-state index >= 15 is 0 Å². The van der Waals surface area contributed by atoms with Crippen LogP contribution >= 0.6 is 15.9 Å². The van der Waals surface area contributed by atoms with Crippen molar-refractivity contribution in [3.8, 4) is 17.0 Å². The van der Waals surface area contributed by atoms with Gasteiger partial charge in [-0.15, -0.1) is 0 Å². The van der Waals surface area contributed by atoms with E-state index in [4.69, 9.17) is 14.7 Å². The Morgan fingerprint density at radius 2 is 2.00 bits per heavy atom. The summed E-state index contributed by atoms with van der Waals surface area (Å²) in [6.07, 6.45) is 8.27. The van der Waals surface area contributed by atoms with Gasteiger partial charge in [0.15, 0.2) is 5.82 Å². The van der Waals surface area contributed by atoms with Crippen molar-refractivity contribution < 1.29 is 4.74 Å². The van der Waals surface area contributed by atoms with Crippen LogP contribution in [0, 0.1) is 0 Å². The molecule has 0 fully saturated rings. The van der Waals surface area contributed by atoms with Crippen LogP contribution < -0.4 is 4.74 Å². The highest BCUT2D eigenvalue weighted by Crippen LogP contribution is 2.31. The van der Waals surface area contributed by atoms with E-state index < -0.39 is 0 Å². The Hall–Kier alpha value is -2.64. The normalized spacial score (nSPS) is 16.4. The number of hydrogen-bond donors (Lipinski definition) is 0. The van der Waals surface area contributed by atoms with Gasteiger partial charge in [-0.05, 0) is 49.1 Å². The first kappa shape index (κ1) is 21.2.